The Morgan fingerprint density at radius 1 is 1.12 bits per heavy atom. The summed E-state index contributed by atoms with van der Waals surface area (Å²) in [4.78, 5) is 0. The van der Waals surface area contributed by atoms with Crippen molar-refractivity contribution in [1.82, 2.24) is 5.32 Å². The first-order valence-corrected chi connectivity index (χ1v) is 5.92. The molecule has 0 spiro atoms. The minimum atomic E-state index is 0.198. The Balaban J connectivity index is 2.14. The van der Waals surface area contributed by atoms with Gasteiger partial charge in [-0.1, -0.05) is 17.7 Å². The molecule has 16 heavy (non-hydrogen) atoms. The van der Waals surface area contributed by atoms with Crippen LogP contribution in [0.2, 0.25) is 0 Å². The van der Waals surface area contributed by atoms with Crippen LogP contribution in [0.15, 0.2) is 24.3 Å². The summed E-state index contributed by atoms with van der Waals surface area (Å²) in [5.74, 6) is 0.960. The zero-order chi connectivity index (χ0) is 12.0. The summed E-state index contributed by atoms with van der Waals surface area (Å²) in [5, 5.41) is 3.44. The lowest BCUT2D eigenvalue weighted by atomic mass is 10.1. The number of hydrogen-bond donors (Lipinski definition) is 1. The molecule has 0 atom stereocenters. The Bertz CT molecular complexity index is 298. The summed E-state index contributed by atoms with van der Waals surface area (Å²) in [6.45, 7) is 10.4. The number of hydrogen-bond acceptors (Lipinski definition) is 2. The molecule has 1 N–H and O–H groups in total. The fourth-order valence-corrected chi connectivity index (χ4v) is 1.36. The van der Waals surface area contributed by atoms with E-state index in [-0.39, 0.29) is 5.54 Å². The van der Waals surface area contributed by atoms with E-state index in [1.54, 1.807) is 0 Å². The van der Waals surface area contributed by atoms with E-state index in [9.17, 15) is 0 Å². The molecular formula is C14H23NO. The van der Waals surface area contributed by atoms with Crippen molar-refractivity contribution in [1.29, 1.82) is 0 Å². The van der Waals surface area contributed by atoms with E-state index in [2.05, 4.69) is 45.1 Å². The molecule has 1 aromatic carbocycles. The van der Waals surface area contributed by atoms with Gasteiger partial charge in [0, 0.05) is 5.54 Å². The van der Waals surface area contributed by atoms with E-state index in [1.165, 1.54) is 5.56 Å². The van der Waals surface area contributed by atoms with E-state index >= 15 is 0 Å². The number of aryl methyl sites for hydroxylation is 1. The molecule has 0 bridgehead atoms. The van der Waals surface area contributed by atoms with Crippen LogP contribution in [0.5, 0.6) is 5.75 Å². The lowest BCUT2D eigenvalue weighted by Crippen LogP contribution is -2.36. The smallest absolute Gasteiger partial charge is 0.119 e. The normalized spacial score (nSPS) is 11.5. The van der Waals surface area contributed by atoms with Gasteiger partial charge in [-0.25, -0.2) is 0 Å². The molecule has 2 heteroatoms. The summed E-state index contributed by atoms with van der Waals surface area (Å²) in [5.41, 5.74) is 1.46. The maximum Gasteiger partial charge on any atom is 0.119 e. The van der Waals surface area contributed by atoms with Gasteiger partial charge in [0.2, 0.25) is 0 Å². The summed E-state index contributed by atoms with van der Waals surface area (Å²) in [7, 11) is 0. The SMILES string of the molecule is Cc1ccc(OCCCNC(C)(C)C)cc1. The molecule has 0 fully saturated rings. The first kappa shape index (κ1) is 13.0. The summed E-state index contributed by atoms with van der Waals surface area (Å²) < 4.78 is 5.64. The standard InChI is InChI=1S/C14H23NO/c1-12-6-8-13(9-7-12)16-11-5-10-15-14(2,3)4/h6-9,15H,5,10-11H2,1-4H3. The van der Waals surface area contributed by atoms with Gasteiger partial charge in [-0.05, 0) is 52.8 Å². The molecule has 0 saturated heterocycles. The number of benzene rings is 1. The first-order valence-electron chi connectivity index (χ1n) is 5.92. The van der Waals surface area contributed by atoms with Gasteiger partial charge in [0.25, 0.3) is 0 Å². The highest BCUT2D eigenvalue weighted by atomic mass is 16.5. The Morgan fingerprint density at radius 2 is 1.75 bits per heavy atom. The van der Waals surface area contributed by atoms with Crippen molar-refractivity contribution in [3.63, 3.8) is 0 Å². The van der Waals surface area contributed by atoms with Crippen LogP contribution in [0, 0.1) is 6.92 Å². The molecule has 1 aromatic rings. The summed E-state index contributed by atoms with van der Waals surface area (Å²) in [6.07, 6.45) is 1.03. The highest BCUT2D eigenvalue weighted by Crippen LogP contribution is 2.11. The number of rotatable bonds is 5. The van der Waals surface area contributed by atoms with Crippen molar-refractivity contribution in [2.75, 3.05) is 13.2 Å². The molecule has 2 nitrogen and oxygen atoms in total. The molecule has 1 rings (SSSR count). The summed E-state index contributed by atoms with van der Waals surface area (Å²) >= 11 is 0. The minimum Gasteiger partial charge on any atom is -0.494 e. The Morgan fingerprint density at radius 3 is 2.31 bits per heavy atom. The maximum absolute atomic E-state index is 5.64. The first-order chi connectivity index (χ1) is 7.47. The van der Waals surface area contributed by atoms with E-state index in [4.69, 9.17) is 4.74 Å². The molecule has 0 saturated carbocycles. The average Bonchev–Trinajstić information content (AvgIpc) is 2.19. The third-order valence-electron chi connectivity index (χ3n) is 2.27. The molecule has 0 radical (unpaired) electrons. The van der Waals surface area contributed by atoms with Crippen LogP contribution in [0.3, 0.4) is 0 Å². The van der Waals surface area contributed by atoms with Gasteiger partial charge >= 0.3 is 0 Å². The van der Waals surface area contributed by atoms with Gasteiger partial charge in [0.15, 0.2) is 0 Å². The molecule has 0 heterocycles. The third-order valence-corrected chi connectivity index (χ3v) is 2.27. The van der Waals surface area contributed by atoms with E-state index in [0.29, 0.717) is 0 Å². The molecule has 90 valence electrons. The van der Waals surface area contributed by atoms with Crippen LogP contribution in [0.1, 0.15) is 32.8 Å². The van der Waals surface area contributed by atoms with Gasteiger partial charge in [-0.3, -0.25) is 0 Å². The highest BCUT2D eigenvalue weighted by molar-refractivity contribution is 5.26. The monoisotopic (exact) mass is 221 g/mol. The van der Waals surface area contributed by atoms with E-state index in [0.717, 1.165) is 25.3 Å². The van der Waals surface area contributed by atoms with E-state index < -0.39 is 0 Å². The second-order valence-corrected chi connectivity index (χ2v) is 5.19. The van der Waals surface area contributed by atoms with Crippen LogP contribution in [-0.4, -0.2) is 18.7 Å². The van der Waals surface area contributed by atoms with Crippen LogP contribution in [-0.2, 0) is 0 Å². The van der Waals surface area contributed by atoms with Crippen molar-refractivity contribution in [3.8, 4) is 5.75 Å². The fraction of sp³-hybridized carbons (Fsp3) is 0.571. The maximum atomic E-state index is 5.64. The molecule has 0 aromatic heterocycles. The molecule has 0 aliphatic heterocycles. The van der Waals surface area contributed by atoms with Crippen LogP contribution in [0.25, 0.3) is 0 Å². The lowest BCUT2D eigenvalue weighted by Gasteiger charge is -2.20. The third kappa shape index (κ3) is 5.76. The van der Waals surface area contributed by atoms with Crippen molar-refractivity contribution in [2.24, 2.45) is 0 Å². The zero-order valence-electron chi connectivity index (χ0n) is 10.8. The fourth-order valence-electron chi connectivity index (χ4n) is 1.36. The second-order valence-electron chi connectivity index (χ2n) is 5.19. The Kier molecular flexibility index (Phi) is 4.81. The second kappa shape index (κ2) is 5.90. The van der Waals surface area contributed by atoms with Crippen molar-refractivity contribution >= 4 is 0 Å². The molecule has 0 unspecified atom stereocenters. The summed E-state index contributed by atoms with van der Waals surface area (Å²) in [6, 6.07) is 8.19. The van der Waals surface area contributed by atoms with E-state index in [1.807, 2.05) is 12.1 Å². The predicted octanol–water partition coefficient (Wildman–Crippen LogP) is 3.15. The van der Waals surface area contributed by atoms with Crippen molar-refractivity contribution < 1.29 is 4.74 Å². The predicted molar refractivity (Wildman–Crippen MR) is 69.0 cm³/mol. The van der Waals surface area contributed by atoms with Gasteiger partial charge in [-0.15, -0.1) is 0 Å². The quantitative estimate of drug-likeness (QED) is 0.771. The van der Waals surface area contributed by atoms with Crippen LogP contribution in [0.4, 0.5) is 0 Å². The Hall–Kier alpha value is -1.02. The Labute approximate surface area is 99.0 Å². The van der Waals surface area contributed by atoms with Crippen LogP contribution < -0.4 is 10.1 Å². The number of ether oxygens (including phenoxy) is 1. The number of nitrogens with one attached hydrogen (secondary N) is 1. The molecular weight excluding hydrogens is 198 g/mol. The molecule has 0 amide bonds. The zero-order valence-corrected chi connectivity index (χ0v) is 10.8. The molecule has 0 aliphatic carbocycles. The minimum absolute atomic E-state index is 0.198. The van der Waals surface area contributed by atoms with Gasteiger partial charge in [0.05, 0.1) is 6.61 Å². The lowest BCUT2D eigenvalue weighted by molar-refractivity contribution is 0.298. The van der Waals surface area contributed by atoms with Crippen molar-refractivity contribution in [3.05, 3.63) is 29.8 Å². The highest BCUT2D eigenvalue weighted by Gasteiger charge is 2.06. The topological polar surface area (TPSA) is 21.3 Å². The van der Waals surface area contributed by atoms with Gasteiger partial charge < -0.3 is 10.1 Å². The van der Waals surface area contributed by atoms with Gasteiger partial charge in [0.1, 0.15) is 5.75 Å². The van der Waals surface area contributed by atoms with Crippen LogP contribution >= 0.6 is 0 Å². The average molecular weight is 221 g/mol. The molecule has 0 aliphatic rings. The van der Waals surface area contributed by atoms with Crippen molar-refractivity contribution in [2.45, 2.75) is 39.7 Å². The largest absolute Gasteiger partial charge is 0.494 e. The van der Waals surface area contributed by atoms with Gasteiger partial charge in [-0.2, -0.15) is 0 Å².